The maximum atomic E-state index is 14.3. The summed E-state index contributed by atoms with van der Waals surface area (Å²) in [6, 6.07) is 0. The minimum absolute atomic E-state index is 0.0868. The van der Waals surface area contributed by atoms with Gasteiger partial charge in [0.2, 0.25) is 5.95 Å². The third-order valence-electron chi connectivity index (χ3n) is 4.14. The van der Waals surface area contributed by atoms with E-state index in [-0.39, 0.29) is 10.6 Å². The van der Waals surface area contributed by atoms with Crippen molar-refractivity contribution in [2.24, 2.45) is 0 Å². The second-order valence-corrected chi connectivity index (χ2v) is 7.20. The summed E-state index contributed by atoms with van der Waals surface area (Å²) < 4.78 is 16.2. The minimum Gasteiger partial charge on any atom is -0.231 e. The number of rotatable bonds is 10. The van der Waals surface area contributed by atoms with E-state index in [1.165, 1.54) is 30.4 Å². The molecule has 1 aromatic rings. The van der Waals surface area contributed by atoms with Crippen molar-refractivity contribution in [3.05, 3.63) is 15.6 Å². The van der Waals surface area contributed by atoms with Gasteiger partial charge in [0.05, 0.1) is 5.54 Å². The zero-order valence-electron chi connectivity index (χ0n) is 13.4. The molecule has 0 aliphatic rings. The van der Waals surface area contributed by atoms with Crippen LogP contribution in [0.2, 0.25) is 5.02 Å². The van der Waals surface area contributed by atoms with Crippen LogP contribution >= 0.6 is 27.5 Å². The van der Waals surface area contributed by atoms with Crippen molar-refractivity contribution in [2.75, 3.05) is 0 Å². The summed E-state index contributed by atoms with van der Waals surface area (Å²) in [7, 11) is 0. The summed E-state index contributed by atoms with van der Waals surface area (Å²) >= 11 is 9.16. The SMILES string of the molecule is CCCCCCCC(C)(CCCC)n1nc(Br)c(Cl)c1F. The van der Waals surface area contributed by atoms with Gasteiger partial charge in [-0.3, -0.25) is 0 Å². The van der Waals surface area contributed by atoms with Crippen molar-refractivity contribution in [3.63, 3.8) is 0 Å². The van der Waals surface area contributed by atoms with Gasteiger partial charge in [-0.25, -0.2) is 4.68 Å². The molecule has 0 N–H and O–H groups in total. The van der Waals surface area contributed by atoms with Crippen LogP contribution in [0.1, 0.15) is 78.6 Å². The molecule has 5 heteroatoms. The summed E-state index contributed by atoms with van der Waals surface area (Å²) in [5.41, 5.74) is -0.290. The van der Waals surface area contributed by atoms with Gasteiger partial charge < -0.3 is 0 Å². The van der Waals surface area contributed by atoms with Gasteiger partial charge in [-0.2, -0.15) is 9.49 Å². The second-order valence-electron chi connectivity index (χ2n) is 6.07. The van der Waals surface area contributed by atoms with Gasteiger partial charge >= 0.3 is 0 Å². The molecule has 1 rings (SSSR count). The summed E-state index contributed by atoms with van der Waals surface area (Å²) in [4.78, 5) is 0. The Balaban J connectivity index is 2.79. The molecule has 0 aromatic carbocycles. The first-order chi connectivity index (χ1) is 9.96. The number of aromatic nitrogens is 2. The Morgan fingerprint density at radius 3 is 2.19 bits per heavy atom. The standard InChI is InChI=1S/C16H27BrClFN2/c1-4-6-8-9-10-12-16(3,11-7-5-2)21-15(19)13(18)14(17)20-21/h4-12H2,1-3H3. The molecule has 1 unspecified atom stereocenters. The molecule has 1 atom stereocenters. The molecular formula is C16H27BrClFN2. The van der Waals surface area contributed by atoms with E-state index in [0.717, 1.165) is 32.1 Å². The van der Waals surface area contributed by atoms with E-state index in [4.69, 9.17) is 11.6 Å². The quantitative estimate of drug-likeness (QED) is 0.412. The van der Waals surface area contributed by atoms with Crippen molar-refractivity contribution >= 4 is 27.5 Å². The fraction of sp³-hybridized carbons (Fsp3) is 0.812. The maximum absolute atomic E-state index is 14.3. The fourth-order valence-corrected chi connectivity index (χ4v) is 3.16. The van der Waals surface area contributed by atoms with Gasteiger partial charge in [-0.05, 0) is 35.7 Å². The van der Waals surface area contributed by atoms with E-state index in [1.807, 2.05) is 0 Å². The van der Waals surface area contributed by atoms with E-state index < -0.39 is 5.95 Å². The lowest BCUT2D eigenvalue weighted by atomic mass is 9.88. The number of nitrogens with zero attached hydrogens (tertiary/aromatic N) is 2. The highest BCUT2D eigenvalue weighted by atomic mass is 79.9. The zero-order valence-corrected chi connectivity index (χ0v) is 15.7. The Hall–Kier alpha value is -0.0900. The summed E-state index contributed by atoms with van der Waals surface area (Å²) in [6.07, 6.45) is 10.1. The van der Waals surface area contributed by atoms with Gasteiger partial charge in [0, 0.05) is 0 Å². The Labute approximate surface area is 141 Å². The smallest absolute Gasteiger partial charge is 0.231 e. The molecule has 0 saturated heterocycles. The number of hydrogen-bond acceptors (Lipinski definition) is 1. The number of hydrogen-bond donors (Lipinski definition) is 0. The van der Waals surface area contributed by atoms with Crippen LogP contribution in [0.5, 0.6) is 0 Å². The Kier molecular flexibility index (Phi) is 8.25. The first-order valence-electron chi connectivity index (χ1n) is 8.06. The predicted octanol–water partition coefficient (Wildman–Crippen LogP) is 6.70. The Morgan fingerprint density at radius 1 is 1.10 bits per heavy atom. The molecule has 0 fully saturated rings. The highest BCUT2D eigenvalue weighted by Crippen LogP contribution is 2.34. The van der Waals surface area contributed by atoms with E-state index >= 15 is 0 Å². The third-order valence-corrected chi connectivity index (χ3v) is 5.25. The van der Waals surface area contributed by atoms with Gasteiger partial charge in [0.1, 0.15) is 9.63 Å². The molecule has 1 heterocycles. The summed E-state index contributed by atoms with van der Waals surface area (Å²) in [5, 5.41) is 4.36. The van der Waals surface area contributed by atoms with Crippen molar-refractivity contribution in [2.45, 2.75) is 84.1 Å². The topological polar surface area (TPSA) is 17.8 Å². The van der Waals surface area contributed by atoms with E-state index in [9.17, 15) is 4.39 Å². The molecule has 0 bridgehead atoms. The molecule has 0 spiro atoms. The molecule has 1 aromatic heterocycles. The molecule has 0 aliphatic carbocycles. The monoisotopic (exact) mass is 380 g/mol. The lowest BCUT2D eigenvalue weighted by Gasteiger charge is -2.30. The average molecular weight is 382 g/mol. The van der Waals surface area contributed by atoms with Crippen LogP contribution in [-0.2, 0) is 5.54 Å². The Morgan fingerprint density at radius 2 is 1.67 bits per heavy atom. The third kappa shape index (κ3) is 5.24. The van der Waals surface area contributed by atoms with Crippen molar-refractivity contribution in [3.8, 4) is 0 Å². The normalized spacial score (nSPS) is 14.4. The van der Waals surface area contributed by atoms with Gasteiger partial charge in [-0.1, -0.05) is 70.4 Å². The highest BCUT2D eigenvalue weighted by molar-refractivity contribution is 9.10. The van der Waals surface area contributed by atoms with Crippen LogP contribution in [0.3, 0.4) is 0 Å². The zero-order chi connectivity index (χ0) is 15.9. The van der Waals surface area contributed by atoms with Gasteiger partial charge in [-0.15, -0.1) is 0 Å². The number of unbranched alkanes of at least 4 members (excludes halogenated alkanes) is 5. The highest BCUT2D eigenvalue weighted by Gasteiger charge is 2.31. The average Bonchev–Trinajstić information content (AvgIpc) is 2.73. The predicted molar refractivity (Wildman–Crippen MR) is 91.4 cm³/mol. The van der Waals surface area contributed by atoms with Crippen LogP contribution < -0.4 is 0 Å². The summed E-state index contributed by atoms with van der Waals surface area (Å²) in [5.74, 6) is -0.421. The Bertz CT molecular complexity index is 436. The van der Waals surface area contributed by atoms with Gasteiger partial charge in [0.15, 0.2) is 0 Å². The van der Waals surface area contributed by atoms with Crippen LogP contribution in [0.25, 0.3) is 0 Å². The molecule has 0 amide bonds. The lowest BCUT2D eigenvalue weighted by Crippen LogP contribution is -2.32. The van der Waals surface area contributed by atoms with Crippen LogP contribution in [0.4, 0.5) is 4.39 Å². The van der Waals surface area contributed by atoms with Crippen LogP contribution in [-0.4, -0.2) is 9.78 Å². The summed E-state index contributed by atoms with van der Waals surface area (Å²) in [6.45, 7) is 6.47. The second kappa shape index (κ2) is 9.14. The number of halogens is 3. The fourth-order valence-electron chi connectivity index (χ4n) is 2.72. The van der Waals surface area contributed by atoms with Crippen LogP contribution in [0, 0.1) is 5.95 Å². The lowest BCUT2D eigenvalue weighted by molar-refractivity contribution is 0.200. The molecule has 0 aliphatic heterocycles. The first-order valence-corrected chi connectivity index (χ1v) is 9.23. The van der Waals surface area contributed by atoms with Crippen molar-refractivity contribution in [1.82, 2.24) is 9.78 Å². The molecule has 0 radical (unpaired) electrons. The molecule has 0 saturated carbocycles. The van der Waals surface area contributed by atoms with Crippen LogP contribution in [0.15, 0.2) is 4.60 Å². The molecule has 2 nitrogen and oxygen atoms in total. The molecule has 21 heavy (non-hydrogen) atoms. The van der Waals surface area contributed by atoms with E-state index in [1.54, 1.807) is 0 Å². The maximum Gasteiger partial charge on any atom is 0.232 e. The van der Waals surface area contributed by atoms with Crippen molar-refractivity contribution in [1.29, 1.82) is 0 Å². The minimum atomic E-state index is -0.421. The first kappa shape index (κ1) is 19.0. The largest absolute Gasteiger partial charge is 0.232 e. The molecular weight excluding hydrogens is 355 g/mol. The van der Waals surface area contributed by atoms with E-state index in [2.05, 4.69) is 41.8 Å². The molecule has 122 valence electrons. The van der Waals surface area contributed by atoms with Gasteiger partial charge in [0.25, 0.3) is 0 Å². The van der Waals surface area contributed by atoms with Crippen molar-refractivity contribution < 1.29 is 4.39 Å². The van der Waals surface area contributed by atoms with E-state index in [0.29, 0.717) is 4.60 Å².